The molecule has 0 saturated heterocycles. The van der Waals surface area contributed by atoms with Gasteiger partial charge < -0.3 is 15.5 Å². The van der Waals surface area contributed by atoms with E-state index < -0.39 is 17.4 Å². The average molecular weight is 414 g/mol. The van der Waals surface area contributed by atoms with Crippen molar-refractivity contribution in [2.45, 2.75) is 24.4 Å². The molecule has 30 heavy (non-hydrogen) atoms. The molecule has 0 atom stereocenters. The molecule has 158 valence electrons. The Morgan fingerprint density at radius 1 is 1.37 bits per heavy atom. The maximum absolute atomic E-state index is 14.2. The number of amides is 1. The number of anilines is 2. The molecule has 1 aliphatic rings. The Labute approximate surface area is 173 Å². The summed E-state index contributed by atoms with van der Waals surface area (Å²) < 4.78 is 27.9. The Morgan fingerprint density at radius 2 is 2.07 bits per heavy atom. The Bertz CT molecular complexity index is 941. The molecule has 2 aromatic heterocycles. The first-order chi connectivity index (χ1) is 14.4. The number of aromatic nitrogens is 3. The number of halogens is 2. The molecule has 2 N–H and O–H groups in total. The molecule has 0 aromatic carbocycles. The van der Waals surface area contributed by atoms with Crippen LogP contribution in [0.25, 0.3) is 0 Å². The predicted molar refractivity (Wildman–Crippen MR) is 111 cm³/mol. The first-order valence-electron chi connectivity index (χ1n) is 9.48. The minimum Gasteiger partial charge on any atom is -0.355 e. The highest BCUT2D eigenvalue weighted by Gasteiger charge is 2.48. The monoisotopic (exact) mass is 414 g/mol. The van der Waals surface area contributed by atoms with Gasteiger partial charge in [-0.05, 0) is 25.0 Å². The fourth-order valence-corrected chi connectivity index (χ4v) is 3.46. The summed E-state index contributed by atoms with van der Waals surface area (Å²) in [5.74, 6) is -0.357. The molecule has 0 bridgehead atoms. The van der Waals surface area contributed by atoms with Gasteiger partial charge in [0.2, 0.25) is 5.95 Å². The van der Waals surface area contributed by atoms with E-state index in [2.05, 4.69) is 32.2 Å². The van der Waals surface area contributed by atoms with Gasteiger partial charge in [0.1, 0.15) is 12.0 Å². The number of nitrogens with zero attached hydrogens (tertiary/aromatic N) is 4. The SMILES string of the molecule is C=C/C(=C\N(C)c1cnc(NCC2(c3ncccc3F)CC(F)C2)nc1)C(=O)NC. The van der Waals surface area contributed by atoms with E-state index in [-0.39, 0.29) is 31.0 Å². The van der Waals surface area contributed by atoms with E-state index in [4.69, 9.17) is 0 Å². The number of likely N-dealkylation sites (N-methyl/N-ethyl adjacent to an activating group) is 1. The second-order valence-electron chi connectivity index (χ2n) is 7.22. The second-order valence-corrected chi connectivity index (χ2v) is 7.22. The topological polar surface area (TPSA) is 83.0 Å². The zero-order chi connectivity index (χ0) is 21.7. The van der Waals surface area contributed by atoms with Crippen molar-refractivity contribution >= 4 is 17.5 Å². The van der Waals surface area contributed by atoms with Crippen molar-refractivity contribution < 1.29 is 13.6 Å². The van der Waals surface area contributed by atoms with E-state index in [1.54, 1.807) is 37.6 Å². The summed E-state index contributed by atoms with van der Waals surface area (Å²) in [5, 5.41) is 5.61. The van der Waals surface area contributed by atoms with Crippen LogP contribution in [0, 0.1) is 5.82 Å². The van der Waals surface area contributed by atoms with Gasteiger partial charge in [-0.1, -0.05) is 12.7 Å². The Kier molecular flexibility index (Phi) is 6.39. The number of carbonyl (C=O) groups excluding carboxylic acids is 1. The third-order valence-electron chi connectivity index (χ3n) is 5.16. The standard InChI is InChI=1S/C21H24F2N6O/c1-4-14(19(30)24-2)12-29(3)16-10-26-20(27-11-16)28-13-21(8-15(22)9-21)18-17(23)6-5-7-25-18/h4-7,10-12,15H,1,8-9,13H2,2-3H3,(H,24,30)(H,26,27,28)/b14-12+. The lowest BCUT2D eigenvalue weighted by Gasteiger charge is -2.43. The van der Waals surface area contributed by atoms with Crippen LogP contribution in [0.3, 0.4) is 0 Å². The summed E-state index contributed by atoms with van der Waals surface area (Å²) in [5.41, 5.74) is 0.590. The van der Waals surface area contributed by atoms with Gasteiger partial charge in [0, 0.05) is 38.5 Å². The summed E-state index contributed by atoms with van der Waals surface area (Å²) in [4.78, 5) is 26.1. The molecular formula is C21H24F2N6O. The van der Waals surface area contributed by atoms with Crippen molar-refractivity contribution in [3.05, 3.63) is 66.7 Å². The maximum Gasteiger partial charge on any atom is 0.252 e. The molecular weight excluding hydrogens is 390 g/mol. The molecule has 9 heteroatoms. The number of carbonyl (C=O) groups is 1. The maximum atomic E-state index is 14.2. The van der Waals surface area contributed by atoms with Crippen LogP contribution in [0.2, 0.25) is 0 Å². The Morgan fingerprint density at radius 3 is 2.63 bits per heavy atom. The van der Waals surface area contributed by atoms with E-state index in [1.807, 2.05) is 0 Å². The van der Waals surface area contributed by atoms with Crippen LogP contribution in [0.5, 0.6) is 0 Å². The minimum atomic E-state index is -0.976. The molecule has 2 aromatic rings. The third-order valence-corrected chi connectivity index (χ3v) is 5.16. The van der Waals surface area contributed by atoms with Crippen LogP contribution in [0.4, 0.5) is 20.4 Å². The Hall–Kier alpha value is -3.36. The quantitative estimate of drug-likeness (QED) is 0.511. The first kappa shape index (κ1) is 21.4. The number of pyridine rings is 1. The number of alkyl halides is 1. The fourth-order valence-electron chi connectivity index (χ4n) is 3.46. The highest BCUT2D eigenvalue weighted by atomic mass is 19.1. The van der Waals surface area contributed by atoms with E-state index in [1.165, 1.54) is 24.4 Å². The van der Waals surface area contributed by atoms with Crippen molar-refractivity contribution in [1.82, 2.24) is 20.3 Å². The van der Waals surface area contributed by atoms with Gasteiger partial charge in [0.05, 0.1) is 29.3 Å². The first-order valence-corrected chi connectivity index (χ1v) is 9.48. The summed E-state index contributed by atoms with van der Waals surface area (Å²) in [6, 6.07) is 2.85. The van der Waals surface area contributed by atoms with Crippen LogP contribution in [0.15, 0.2) is 55.2 Å². The molecule has 1 amide bonds. The normalized spacial score (nSPS) is 20.8. The molecule has 0 spiro atoms. The average Bonchev–Trinajstić information content (AvgIpc) is 2.74. The van der Waals surface area contributed by atoms with Gasteiger partial charge >= 0.3 is 0 Å². The van der Waals surface area contributed by atoms with Gasteiger partial charge in [0.15, 0.2) is 0 Å². The molecule has 0 radical (unpaired) electrons. The molecule has 2 heterocycles. The number of rotatable bonds is 8. The fraction of sp³-hybridized carbons (Fsp3) is 0.333. The van der Waals surface area contributed by atoms with Crippen molar-refractivity contribution in [2.75, 3.05) is 30.9 Å². The van der Waals surface area contributed by atoms with Gasteiger partial charge in [-0.3, -0.25) is 9.78 Å². The van der Waals surface area contributed by atoms with Crippen molar-refractivity contribution in [3.63, 3.8) is 0 Å². The van der Waals surface area contributed by atoms with Crippen molar-refractivity contribution in [3.8, 4) is 0 Å². The van der Waals surface area contributed by atoms with Crippen LogP contribution in [-0.4, -0.2) is 47.7 Å². The predicted octanol–water partition coefficient (Wildman–Crippen LogP) is 2.74. The summed E-state index contributed by atoms with van der Waals surface area (Å²) in [6.45, 7) is 3.90. The Balaban J connectivity index is 1.70. The van der Waals surface area contributed by atoms with Gasteiger partial charge in [0.25, 0.3) is 5.91 Å². The largest absolute Gasteiger partial charge is 0.355 e. The lowest BCUT2D eigenvalue weighted by atomic mass is 9.65. The zero-order valence-corrected chi connectivity index (χ0v) is 16.9. The molecule has 1 saturated carbocycles. The highest BCUT2D eigenvalue weighted by molar-refractivity contribution is 5.96. The molecule has 0 unspecified atom stereocenters. The number of nitrogens with one attached hydrogen (secondary N) is 2. The molecule has 7 nitrogen and oxygen atoms in total. The van der Waals surface area contributed by atoms with Gasteiger partial charge in [-0.15, -0.1) is 0 Å². The lowest BCUT2D eigenvalue weighted by molar-refractivity contribution is -0.116. The van der Waals surface area contributed by atoms with Crippen LogP contribution in [-0.2, 0) is 10.2 Å². The highest BCUT2D eigenvalue weighted by Crippen LogP contribution is 2.45. The zero-order valence-electron chi connectivity index (χ0n) is 16.9. The third kappa shape index (κ3) is 4.45. The van der Waals surface area contributed by atoms with E-state index in [9.17, 15) is 13.6 Å². The van der Waals surface area contributed by atoms with E-state index in [0.717, 1.165) is 0 Å². The smallest absolute Gasteiger partial charge is 0.252 e. The minimum absolute atomic E-state index is 0.198. The number of hydrogen-bond donors (Lipinski definition) is 2. The van der Waals surface area contributed by atoms with Crippen LogP contribution < -0.4 is 15.5 Å². The van der Waals surface area contributed by atoms with Crippen molar-refractivity contribution in [1.29, 1.82) is 0 Å². The molecule has 3 rings (SSSR count). The summed E-state index contributed by atoms with van der Waals surface area (Å²) in [6.07, 6.45) is 7.18. The van der Waals surface area contributed by atoms with Gasteiger partial charge in [-0.2, -0.15) is 0 Å². The number of hydrogen-bond acceptors (Lipinski definition) is 6. The van der Waals surface area contributed by atoms with Crippen molar-refractivity contribution in [2.24, 2.45) is 0 Å². The van der Waals surface area contributed by atoms with Gasteiger partial charge in [-0.25, -0.2) is 18.7 Å². The van der Waals surface area contributed by atoms with E-state index >= 15 is 0 Å². The second kappa shape index (κ2) is 8.98. The molecule has 1 fully saturated rings. The summed E-state index contributed by atoms with van der Waals surface area (Å²) in [7, 11) is 3.30. The van der Waals surface area contributed by atoms with Crippen LogP contribution >= 0.6 is 0 Å². The van der Waals surface area contributed by atoms with Crippen LogP contribution in [0.1, 0.15) is 18.5 Å². The van der Waals surface area contributed by atoms with E-state index in [0.29, 0.717) is 17.2 Å². The summed E-state index contributed by atoms with van der Waals surface area (Å²) >= 11 is 0. The lowest BCUT2D eigenvalue weighted by Crippen LogP contribution is -2.49. The molecule has 0 aliphatic heterocycles. The molecule has 1 aliphatic carbocycles.